The number of carbonyl (C=O) groups is 2. The molecular weight excluding hydrogens is 378 g/mol. The van der Waals surface area contributed by atoms with E-state index in [-0.39, 0.29) is 25.0 Å². The molecule has 0 saturated carbocycles. The van der Waals surface area contributed by atoms with Crippen LogP contribution in [0.15, 0.2) is 66.7 Å². The lowest BCUT2D eigenvalue weighted by molar-refractivity contribution is -0.136. The maximum Gasteiger partial charge on any atom is 0.410 e. The monoisotopic (exact) mass is 399 g/mol. The van der Waals surface area contributed by atoms with Gasteiger partial charge in [0, 0.05) is 19.0 Å². The summed E-state index contributed by atoms with van der Waals surface area (Å²) in [7, 11) is 0. The first-order valence-electron chi connectivity index (χ1n) is 10.0. The van der Waals surface area contributed by atoms with E-state index in [1.54, 1.807) is 4.90 Å². The molecule has 0 radical (unpaired) electrons. The van der Waals surface area contributed by atoms with Crippen LogP contribution in [0, 0.1) is 0 Å². The third-order valence-corrected chi connectivity index (χ3v) is 6.02. The van der Waals surface area contributed by atoms with E-state index in [1.165, 1.54) is 22.3 Å². The van der Waals surface area contributed by atoms with Gasteiger partial charge in [0.2, 0.25) is 0 Å². The lowest BCUT2D eigenvalue weighted by Crippen LogP contribution is -2.27. The van der Waals surface area contributed by atoms with Crippen molar-refractivity contribution in [1.82, 2.24) is 4.90 Å². The summed E-state index contributed by atoms with van der Waals surface area (Å²) in [6.45, 7) is 1.11. The Morgan fingerprint density at radius 2 is 1.57 bits per heavy atom. The lowest BCUT2D eigenvalue weighted by atomic mass is 9.98. The number of amides is 1. The highest BCUT2D eigenvalue weighted by atomic mass is 16.6. The first-order chi connectivity index (χ1) is 14.6. The zero-order valence-corrected chi connectivity index (χ0v) is 16.4. The molecule has 5 heteroatoms. The molecule has 0 spiro atoms. The van der Waals surface area contributed by atoms with E-state index in [0.717, 1.165) is 16.7 Å². The van der Waals surface area contributed by atoms with E-state index in [0.29, 0.717) is 13.1 Å². The molecule has 1 aliphatic heterocycles. The zero-order valence-electron chi connectivity index (χ0n) is 16.4. The van der Waals surface area contributed by atoms with Crippen molar-refractivity contribution < 1.29 is 19.4 Å². The maximum atomic E-state index is 12.8. The summed E-state index contributed by atoms with van der Waals surface area (Å²) < 4.78 is 5.75. The second-order valence-corrected chi connectivity index (χ2v) is 7.79. The highest BCUT2D eigenvalue weighted by Crippen LogP contribution is 2.44. The number of fused-ring (bicyclic) bond motifs is 4. The minimum Gasteiger partial charge on any atom is -0.481 e. The average molecular weight is 399 g/mol. The van der Waals surface area contributed by atoms with Gasteiger partial charge in [-0.3, -0.25) is 9.69 Å². The Labute approximate surface area is 174 Å². The van der Waals surface area contributed by atoms with Crippen LogP contribution in [0.4, 0.5) is 4.79 Å². The largest absolute Gasteiger partial charge is 0.481 e. The standard InChI is InChI=1S/C25H21NO4/c27-24(28)12-16-6-5-7-17-13-26(14-22(16)17)25(29)30-15-23-20-10-3-1-8-18(20)19-9-2-4-11-21(19)23/h1-11,23H,12-15H2,(H,27,28). The molecule has 0 unspecified atom stereocenters. The lowest BCUT2D eigenvalue weighted by Gasteiger charge is -2.19. The first kappa shape index (κ1) is 18.4. The van der Waals surface area contributed by atoms with Gasteiger partial charge in [-0.05, 0) is 38.9 Å². The molecule has 1 N–H and O–H groups in total. The van der Waals surface area contributed by atoms with E-state index in [4.69, 9.17) is 9.84 Å². The Morgan fingerprint density at radius 3 is 2.23 bits per heavy atom. The SMILES string of the molecule is O=C(O)Cc1cccc2c1CN(C(=O)OCC1c3ccccc3-c3ccccc31)C2. The summed E-state index contributed by atoms with van der Waals surface area (Å²) in [5, 5.41) is 9.13. The second-order valence-electron chi connectivity index (χ2n) is 7.79. The Balaban J connectivity index is 1.31. The number of nitrogens with zero attached hydrogens (tertiary/aromatic N) is 1. The predicted molar refractivity (Wildman–Crippen MR) is 112 cm³/mol. The van der Waals surface area contributed by atoms with Crippen LogP contribution >= 0.6 is 0 Å². The molecule has 150 valence electrons. The van der Waals surface area contributed by atoms with Crippen molar-refractivity contribution in [1.29, 1.82) is 0 Å². The number of benzene rings is 3. The van der Waals surface area contributed by atoms with Crippen LogP contribution < -0.4 is 0 Å². The molecule has 1 aliphatic carbocycles. The van der Waals surface area contributed by atoms with Crippen molar-refractivity contribution in [2.45, 2.75) is 25.4 Å². The molecule has 1 amide bonds. The van der Waals surface area contributed by atoms with Crippen molar-refractivity contribution in [3.8, 4) is 11.1 Å². The van der Waals surface area contributed by atoms with Gasteiger partial charge in [0.05, 0.1) is 6.42 Å². The molecule has 2 aliphatic rings. The molecule has 0 atom stereocenters. The van der Waals surface area contributed by atoms with Gasteiger partial charge in [0.25, 0.3) is 0 Å². The van der Waals surface area contributed by atoms with Crippen LogP contribution in [-0.2, 0) is 29.0 Å². The summed E-state index contributed by atoms with van der Waals surface area (Å²) in [5.41, 5.74) is 7.42. The summed E-state index contributed by atoms with van der Waals surface area (Å²) in [5.74, 6) is -0.850. The minimum atomic E-state index is -0.872. The number of rotatable bonds is 4. The smallest absolute Gasteiger partial charge is 0.410 e. The van der Waals surface area contributed by atoms with Gasteiger partial charge in [-0.2, -0.15) is 0 Å². The third kappa shape index (κ3) is 3.12. The predicted octanol–water partition coefficient (Wildman–Crippen LogP) is 4.58. The number of ether oxygens (including phenoxy) is 1. The zero-order chi connectivity index (χ0) is 20.7. The van der Waals surface area contributed by atoms with Gasteiger partial charge in [0.1, 0.15) is 6.61 Å². The topological polar surface area (TPSA) is 66.8 Å². The van der Waals surface area contributed by atoms with E-state index < -0.39 is 5.97 Å². The first-order valence-corrected chi connectivity index (χ1v) is 10.0. The fourth-order valence-electron chi connectivity index (χ4n) is 4.63. The molecule has 3 aromatic carbocycles. The van der Waals surface area contributed by atoms with Crippen LogP contribution in [0.1, 0.15) is 33.7 Å². The van der Waals surface area contributed by atoms with E-state index in [2.05, 4.69) is 24.3 Å². The van der Waals surface area contributed by atoms with Crippen molar-refractivity contribution >= 4 is 12.1 Å². The van der Waals surface area contributed by atoms with Gasteiger partial charge < -0.3 is 9.84 Å². The fraction of sp³-hybridized carbons (Fsp3) is 0.200. The Bertz CT molecular complexity index is 1110. The van der Waals surface area contributed by atoms with Gasteiger partial charge in [-0.15, -0.1) is 0 Å². The highest BCUT2D eigenvalue weighted by molar-refractivity contribution is 5.79. The molecule has 0 fully saturated rings. The Morgan fingerprint density at radius 1 is 0.900 bits per heavy atom. The maximum absolute atomic E-state index is 12.8. The molecule has 0 saturated heterocycles. The number of carboxylic acid groups (broad SMARTS) is 1. The number of hydrogen-bond acceptors (Lipinski definition) is 3. The molecule has 0 aromatic heterocycles. The van der Waals surface area contributed by atoms with Crippen LogP contribution in [0.3, 0.4) is 0 Å². The van der Waals surface area contributed by atoms with Crippen LogP contribution in [0.2, 0.25) is 0 Å². The molecule has 3 aromatic rings. The Kier molecular flexibility index (Phi) is 4.51. The second kappa shape index (κ2) is 7.34. The molecule has 0 bridgehead atoms. The minimum absolute atomic E-state index is 0.0221. The van der Waals surface area contributed by atoms with E-state index in [9.17, 15) is 9.59 Å². The van der Waals surface area contributed by atoms with Gasteiger partial charge in [0.15, 0.2) is 0 Å². The molecule has 1 heterocycles. The van der Waals surface area contributed by atoms with Gasteiger partial charge >= 0.3 is 12.1 Å². The summed E-state index contributed by atoms with van der Waals surface area (Å²) in [4.78, 5) is 25.6. The quantitative estimate of drug-likeness (QED) is 0.697. The molecule has 5 rings (SSSR count). The van der Waals surface area contributed by atoms with Crippen LogP contribution in [-0.4, -0.2) is 28.7 Å². The number of aliphatic carboxylic acids is 1. The van der Waals surface area contributed by atoms with Crippen LogP contribution in [0.25, 0.3) is 11.1 Å². The molecular formula is C25H21NO4. The molecule has 30 heavy (non-hydrogen) atoms. The van der Waals surface area contributed by atoms with Crippen molar-refractivity contribution in [3.05, 3.63) is 94.5 Å². The summed E-state index contributed by atoms with van der Waals surface area (Å²) in [6, 6.07) is 22.1. The van der Waals surface area contributed by atoms with E-state index in [1.807, 2.05) is 42.5 Å². The highest BCUT2D eigenvalue weighted by Gasteiger charge is 2.31. The average Bonchev–Trinajstić information content (AvgIpc) is 3.32. The third-order valence-electron chi connectivity index (χ3n) is 6.02. The van der Waals surface area contributed by atoms with Crippen LogP contribution in [0.5, 0.6) is 0 Å². The van der Waals surface area contributed by atoms with Crippen molar-refractivity contribution in [2.75, 3.05) is 6.61 Å². The Hall–Kier alpha value is -3.60. The summed E-state index contributed by atoms with van der Waals surface area (Å²) in [6.07, 6.45) is -0.406. The summed E-state index contributed by atoms with van der Waals surface area (Å²) >= 11 is 0. The van der Waals surface area contributed by atoms with Gasteiger partial charge in [-0.1, -0.05) is 66.7 Å². The van der Waals surface area contributed by atoms with Crippen molar-refractivity contribution in [2.24, 2.45) is 0 Å². The molecule has 5 nitrogen and oxygen atoms in total. The fourth-order valence-corrected chi connectivity index (χ4v) is 4.63. The number of carbonyl (C=O) groups excluding carboxylic acids is 1. The van der Waals surface area contributed by atoms with E-state index >= 15 is 0 Å². The van der Waals surface area contributed by atoms with Crippen molar-refractivity contribution in [3.63, 3.8) is 0 Å². The normalized spacial score (nSPS) is 14.2. The van der Waals surface area contributed by atoms with Gasteiger partial charge in [-0.25, -0.2) is 4.79 Å². The number of carboxylic acids is 1. The number of hydrogen-bond donors (Lipinski definition) is 1.